The summed E-state index contributed by atoms with van der Waals surface area (Å²) in [7, 11) is 0. The molecule has 0 atom stereocenters. The normalized spacial score (nSPS) is 16.2. The highest BCUT2D eigenvalue weighted by molar-refractivity contribution is 7.18. The first-order valence-electron chi connectivity index (χ1n) is 11.7. The van der Waals surface area contributed by atoms with Crippen molar-refractivity contribution in [1.82, 2.24) is 25.2 Å². The third-order valence-electron chi connectivity index (χ3n) is 6.53. The van der Waals surface area contributed by atoms with E-state index >= 15 is 0 Å². The van der Waals surface area contributed by atoms with Crippen LogP contribution in [0.3, 0.4) is 0 Å². The van der Waals surface area contributed by atoms with Crippen LogP contribution in [0.25, 0.3) is 16.3 Å². The van der Waals surface area contributed by atoms with Gasteiger partial charge in [0.1, 0.15) is 11.4 Å². The number of nitrogens with zero attached hydrogens (tertiary/aromatic N) is 6. The lowest BCUT2D eigenvalue weighted by molar-refractivity contribution is -0.138. The SMILES string of the molecule is O=C(O)Cn1nnc(-c2cnc(N3CCC4(C=C(c5cccc(Cl)c5Cl)c5c(Cl)cccc5O4)CC3)s2)n1. The van der Waals surface area contributed by atoms with Gasteiger partial charge in [-0.05, 0) is 35.1 Å². The molecule has 2 aliphatic heterocycles. The fraction of sp³-hybridized carbons (Fsp3) is 0.240. The Morgan fingerprint density at radius 3 is 2.66 bits per heavy atom. The van der Waals surface area contributed by atoms with Crippen LogP contribution in [0, 0.1) is 0 Å². The molecule has 38 heavy (non-hydrogen) atoms. The monoisotopic (exact) mass is 588 g/mol. The number of aromatic nitrogens is 5. The first-order valence-corrected chi connectivity index (χ1v) is 13.6. The number of hydrogen-bond acceptors (Lipinski definition) is 8. The zero-order valence-corrected chi connectivity index (χ0v) is 22.7. The summed E-state index contributed by atoms with van der Waals surface area (Å²) in [5, 5.41) is 23.2. The van der Waals surface area contributed by atoms with E-state index in [0.29, 0.717) is 57.5 Å². The number of carboxylic acids is 1. The van der Waals surface area contributed by atoms with E-state index in [1.54, 1.807) is 12.3 Å². The fourth-order valence-corrected chi connectivity index (χ4v) is 6.29. The molecule has 9 nitrogen and oxygen atoms in total. The average Bonchev–Trinajstić information content (AvgIpc) is 3.55. The van der Waals surface area contributed by atoms with Crippen LogP contribution in [0.15, 0.2) is 48.7 Å². The minimum Gasteiger partial charge on any atom is -0.482 e. The number of benzene rings is 2. The van der Waals surface area contributed by atoms with Gasteiger partial charge in [0.25, 0.3) is 0 Å². The van der Waals surface area contributed by atoms with Crippen molar-refractivity contribution in [3.8, 4) is 16.5 Å². The lowest BCUT2D eigenvalue weighted by atomic mass is 9.83. The second-order valence-corrected chi connectivity index (χ2v) is 11.2. The van der Waals surface area contributed by atoms with Gasteiger partial charge in [-0.15, -0.1) is 10.2 Å². The number of aliphatic carboxylic acids is 1. The van der Waals surface area contributed by atoms with Gasteiger partial charge >= 0.3 is 5.97 Å². The standard InChI is InChI=1S/C25H19Cl3N6O3S/c26-16-4-2-6-18-21(16)15(14-3-1-5-17(27)22(14)28)11-25(37-18)7-9-33(10-8-25)24-29-12-19(38-24)23-30-32-34(31-23)13-20(35)36/h1-6,11-12H,7-10,13H2,(H,35,36). The van der Waals surface area contributed by atoms with E-state index in [4.69, 9.17) is 44.6 Å². The maximum absolute atomic E-state index is 10.9. The number of anilines is 1. The van der Waals surface area contributed by atoms with Gasteiger partial charge in [-0.25, -0.2) is 4.98 Å². The van der Waals surface area contributed by atoms with Crippen LogP contribution in [0.5, 0.6) is 5.75 Å². The van der Waals surface area contributed by atoms with Crippen molar-refractivity contribution in [2.24, 2.45) is 0 Å². The van der Waals surface area contributed by atoms with Gasteiger partial charge in [0, 0.05) is 37.1 Å². The Morgan fingerprint density at radius 2 is 1.87 bits per heavy atom. The molecule has 0 saturated carbocycles. The molecular weight excluding hydrogens is 571 g/mol. The summed E-state index contributed by atoms with van der Waals surface area (Å²) in [4.78, 5) is 19.4. The number of fused-ring (bicyclic) bond motifs is 1. The number of ether oxygens (including phenoxy) is 1. The van der Waals surface area contributed by atoms with Gasteiger partial charge < -0.3 is 14.7 Å². The van der Waals surface area contributed by atoms with E-state index in [1.807, 2.05) is 30.3 Å². The molecule has 4 heterocycles. The molecule has 1 N–H and O–H groups in total. The minimum absolute atomic E-state index is 0.346. The van der Waals surface area contributed by atoms with Crippen molar-refractivity contribution in [3.05, 3.63) is 74.9 Å². The Kier molecular flexibility index (Phi) is 6.51. The van der Waals surface area contributed by atoms with Crippen LogP contribution in [0.1, 0.15) is 24.0 Å². The fourth-order valence-electron chi connectivity index (χ4n) is 4.73. The number of piperidine rings is 1. The summed E-state index contributed by atoms with van der Waals surface area (Å²) in [6, 6.07) is 11.2. The van der Waals surface area contributed by atoms with Crippen molar-refractivity contribution in [2.75, 3.05) is 18.0 Å². The molecule has 13 heteroatoms. The predicted molar refractivity (Wildman–Crippen MR) is 146 cm³/mol. The molecule has 6 rings (SSSR count). The maximum atomic E-state index is 10.9. The largest absolute Gasteiger partial charge is 0.482 e. The van der Waals surface area contributed by atoms with Crippen LogP contribution in [-0.2, 0) is 11.3 Å². The summed E-state index contributed by atoms with van der Waals surface area (Å²) in [6.07, 6.45) is 5.24. The molecule has 4 aromatic rings. The Bertz CT molecular complexity index is 1580. The minimum atomic E-state index is -1.04. The van der Waals surface area contributed by atoms with Gasteiger partial charge in [-0.1, -0.05) is 64.3 Å². The lowest BCUT2D eigenvalue weighted by Crippen LogP contribution is -2.48. The number of tetrazole rings is 1. The number of hydrogen-bond donors (Lipinski definition) is 1. The highest BCUT2D eigenvalue weighted by Gasteiger charge is 2.40. The molecule has 0 unspecified atom stereocenters. The molecule has 0 bridgehead atoms. The van der Waals surface area contributed by atoms with Crippen LogP contribution in [-0.4, -0.2) is 55.0 Å². The van der Waals surface area contributed by atoms with E-state index in [-0.39, 0.29) is 6.54 Å². The topological polar surface area (TPSA) is 106 Å². The van der Waals surface area contributed by atoms with E-state index in [0.717, 1.165) is 26.6 Å². The average molecular weight is 590 g/mol. The molecule has 0 amide bonds. The van der Waals surface area contributed by atoms with Crippen molar-refractivity contribution in [2.45, 2.75) is 25.0 Å². The first-order chi connectivity index (χ1) is 18.3. The number of halogens is 3. The van der Waals surface area contributed by atoms with Gasteiger partial charge in [-0.3, -0.25) is 4.79 Å². The molecule has 1 saturated heterocycles. The van der Waals surface area contributed by atoms with Crippen molar-refractivity contribution in [1.29, 1.82) is 0 Å². The van der Waals surface area contributed by atoms with E-state index in [1.165, 1.54) is 11.3 Å². The summed E-state index contributed by atoms with van der Waals surface area (Å²) in [6.45, 7) is 1.06. The van der Waals surface area contributed by atoms with Crippen molar-refractivity contribution in [3.63, 3.8) is 0 Å². The number of carbonyl (C=O) groups is 1. The maximum Gasteiger partial charge on any atom is 0.327 e. The van der Waals surface area contributed by atoms with Gasteiger partial charge in [0.15, 0.2) is 11.7 Å². The summed E-state index contributed by atoms with van der Waals surface area (Å²) < 4.78 is 6.60. The van der Waals surface area contributed by atoms with Crippen LogP contribution < -0.4 is 9.64 Å². The highest BCUT2D eigenvalue weighted by Crippen LogP contribution is 2.48. The van der Waals surface area contributed by atoms with Crippen LogP contribution >= 0.6 is 46.1 Å². The molecule has 1 spiro atoms. The second-order valence-electron chi connectivity index (χ2n) is 8.97. The molecule has 1 fully saturated rings. The zero-order valence-electron chi connectivity index (χ0n) is 19.6. The highest BCUT2D eigenvalue weighted by atomic mass is 35.5. The van der Waals surface area contributed by atoms with Crippen LogP contribution in [0.4, 0.5) is 5.13 Å². The summed E-state index contributed by atoms with van der Waals surface area (Å²) >= 11 is 21.1. The lowest BCUT2D eigenvalue weighted by Gasteiger charge is -2.43. The number of thiazole rings is 1. The Hall–Kier alpha value is -3.18. The summed E-state index contributed by atoms with van der Waals surface area (Å²) in [5.74, 6) is 0.0240. The number of carboxylic acid groups (broad SMARTS) is 1. The molecule has 2 aromatic heterocycles. The van der Waals surface area contributed by atoms with Crippen molar-refractivity contribution >= 4 is 62.8 Å². The van der Waals surface area contributed by atoms with E-state index in [9.17, 15) is 4.79 Å². The van der Waals surface area contributed by atoms with Gasteiger partial charge in [-0.2, -0.15) is 4.80 Å². The van der Waals surface area contributed by atoms with Gasteiger partial charge in [0.05, 0.1) is 26.1 Å². The smallest absolute Gasteiger partial charge is 0.327 e. The zero-order chi connectivity index (χ0) is 26.4. The molecule has 0 aliphatic carbocycles. The molecule has 194 valence electrons. The van der Waals surface area contributed by atoms with Gasteiger partial charge in [0.2, 0.25) is 5.82 Å². The predicted octanol–water partition coefficient (Wildman–Crippen LogP) is 5.70. The van der Waals surface area contributed by atoms with Crippen LogP contribution in [0.2, 0.25) is 15.1 Å². The molecule has 0 radical (unpaired) electrons. The summed E-state index contributed by atoms with van der Waals surface area (Å²) in [5.41, 5.74) is 1.98. The number of rotatable bonds is 5. The molecule has 2 aromatic carbocycles. The third-order valence-corrected chi connectivity index (χ3v) is 8.72. The Morgan fingerprint density at radius 1 is 1.11 bits per heavy atom. The molecular formula is C25H19Cl3N6O3S. The van der Waals surface area contributed by atoms with E-state index in [2.05, 4.69) is 31.4 Å². The molecule has 2 aliphatic rings. The van der Waals surface area contributed by atoms with Crippen molar-refractivity contribution < 1.29 is 14.6 Å². The third kappa shape index (κ3) is 4.62. The Labute approximate surface area is 236 Å². The quantitative estimate of drug-likeness (QED) is 0.316. The van der Waals surface area contributed by atoms with E-state index < -0.39 is 11.6 Å². The Balaban J connectivity index is 1.26. The second kappa shape index (κ2) is 9.85. The first kappa shape index (κ1) is 25.1.